The highest BCUT2D eigenvalue weighted by Crippen LogP contribution is 2.16. The minimum Gasteiger partial charge on any atom is -0.480 e. The second-order valence-corrected chi connectivity index (χ2v) is 10.2. The predicted molar refractivity (Wildman–Crippen MR) is 173 cm³/mol. The summed E-state index contributed by atoms with van der Waals surface area (Å²) in [5.74, 6) is -0.915. The molecule has 0 saturated carbocycles. The summed E-state index contributed by atoms with van der Waals surface area (Å²) in [5, 5.41) is 13.6. The van der Waals surface area contributed by atoms with Crippen LogP contribution in [0.15, 0.2) is 103 Å². The van der Waals surface area contributed by atoms with Crippen molar-refractivity contribution >= 4 is 41.1 Å². The van der Waals surface area contributed by atoms with E-state index in [1.165, 1.54) is 24.3 Å². The van der Waals surface area contributed by atoms with Crippen LogP contribution in [0.1, 0.15) is 27.3 Å². The fourth-order valence-corrected chi connectivity index (χ4v) is 4.25. The zero-order valence-corrected chi connectivity index (χ0v) is 25.1. The number of alkyl carbamates (subject to hydrolysis) is 1. The summed E-state index contributed by atoms with van der Waals surface area (Å²) in [7, 11) is 0. The van der Waals surface area contributed by atoms with E-state index in [0.717, 1.165) is 28.4 Å². The van der Waals surface area contributed by atoms with Gasteiger partial charge >= 0.3 is 18.1 Å². The molecule has 6 N–H and O–H groups in total. The van der Waals surface area contributed by atoms with E-state index in [0.29, 0.717) is 23.6 Å². The number of imidazole rings is 1. The fraction of sp³-hybridized carbons (Fsp3) is 0.147. The molecule has 0 spiro atoms. The number of H-pyrrole nitrogens is 1. The molecule has 0 saturated heterocycles. The van der Waals surface area contributed by atoms with Crippen molar-refractivity contribution in [3.63, 3.8) is 0 Å². The van der Waals surface area contributed by atoms with E-state index in [-0.39, 0.29) is 31.5 Å². The predicted octanol–water partition coefficient (Wildman–Crippen LogP) is 5.07. The number of hydrogen-bond acceptors (Lipinski definition) is 7. The van der Waals surface area contributed by atoms with Gasteiger partial charge in [-0.3, -0.25) is 4.79 Å². The molecule has 3 amide bonds. The number of aromatic amines is 1. The number of aliphatic carboxylic acids is 1. The van der Waals surface area contributed by atoms with Crippen LogP contribution in [0.3, 0.4) is 0 Å². The summed E-state index contributed by atoms with van der Waals surface area (Å²) < 4.78 is 18.0. The largest absolute Gasteiger partial charge is 0.480 e. The monoisotopic (exact) mass is 640 g/mol. The van der Waals surface area contributed by atoms with E-state index in [1.54, 1.807) is 41.3 Å². The molecule has 47 heavy (non-hydrogen) atoms. The number of ether oxygens (including phenoxy) is 1. The molecular formula is C34H33FN6O6. The van der Waals surface area contributed by atoms with Crippen LogP contribution < -0.4 is 16.4 Å². The third kappa shape index (κ3) is 10.5. The number of fused-ring (bicyclic) bond motifs is 1. The van der Waals surface area contributed by atoms with Crippen LogP contribution in [0.25, 0.3) is 11.0 Å². The molecular weight excluding hydrogens is 607 g/mol. The Morgan fingerprint density at radius 1 is 0.915 bits per heavy atom. The van der Waals surface area contributed by atoms with Gasteiger partial charge < -0.3 is 36.1 Å². The third-order valence-corrected chi connectivity index (χ3v) is 6.69. The van der Waals surface area contributed by atoms with Crippen LogP contribution in [0.5, 0.6) is 0 Å². The summed E-state index contributed by atoms with van der Waals surface area (Å²) in [4.78, 5) is 55.1. The highest BCUT2D eigenvalue weighted by atomic mass is 19.1. The van der Waals surface area contributed by atoms with Crippen LogP contribution in [0.4, 0.5) is 19.7 Å². The SMILES string of the molecule is NC[C@H](NC(=O)OCc1ccccc1)C(=O)O.O=Cc1ccc(CN(Cc2nc3ccccc3[nH]2)C(=O)Nc2ccc(F)cc2)cc1. The Labute approximate surface area is 269 Å². The van der Waals surface area contributed by atoms with E-state index in [9.17, 15) is 23.6 Å². The zero-order chi connectivity index (χ0) is 33.6. The summed E-state index contributed by atoms with van der Waals surface area (Å²) in [5.41, 5.74) is 9.64. The van der Waals surface area contributed by atoms with Gasteiger partial charge in [0, 0.05) is 24.3 Å². The maximum absolute atomic E-state index is 13.2. The van der Waals surface area contributed by atoms with Crippen molar-refractivity contribution in [2.75, 3.05) is 11.9 Å². The Balaban J connectivity index is 0.000000251. The van der Waals surface area contributed by atoms with Gasteiger partial charge in [0.25, 0.3) is 0 Å². The number of carbonyl (C=O) groups is 4. The number of amides is 3. The number of nitrogens with zero attached hydrogens (tertiary/aromatic N) is 2. The van der Waals surface area contributed by atoms with Gasteiger partial charge in [0.2, 0.25) is 0 Å². The molecule has 0 aliphatic carbocycles. The number of benzene rings is 4. The molecule has 13 heteroatoms. The number of anilines is 1. The molecule has 0 fully saturated rings. The number of hydrogen-bond donors (Lipinski definition) is 5. The fourth-order valence-electron chi connectivity index (χ4n) is 4.25. The first kappa shape index (κ1) is 33.8. The number of halogens is 1. The second kappa shape index (κ2) is 16.8. The minimum atomic E-state index is -1.19. The van der Waals surface area contributed by atoms with Crippen LogP contribution in [0, 0.1) is 5.82 Å². The molecule has 4 aromatic carbocycles. The Hall–Kier alpha value is -6.08. The topological polar surface area (TPSA) is 180 Å². The van der Waals surface area contributed by atoms with E-state index >= 15 is 0 Å². The number of carbonyl (C=O) groups excluding carboxylic acids is 3. The van der Waals surface area contributed by atoms with Gasteiger partial charge in [-0.2, -0.15) is 0 Å². The lowest BCUT2D eigenvalue weighted by Gasteiger charge is -2.22. The van der Waals surface area contributed by atoms with Crippen LogP contribution in [0.2, 0.25) is 0 Å². The van der Waals surface area contributed by atoms with Crippen molar-refractivity contribution in [2.24, 2.45) is 5.73 Å². The van der Waals surface area contributed by atoms with Crippen LogP contribution >= 0.6 is 0 Å². The molecule has 1 aromatic heterocycles. The highest BCUT2D eigenvalue weighted by molar-refractivity contribution is 5.89. The summed E-state index contributed by atoms with van der Waals surface area (Å²) in [6.07, 6.45) is -0.0244. The lowest BCUT2D eigenvalue weighted by molar-refractivity contribution is -0.139. The number of nitrogens with one attached hydrogen (secondary N) is 3. The van der Waals surface area contributed by atoms with Crippen molar-refractivity contribution in [3.05, 3.63) is 131 Å². The van der Waals surface area contributed by atoms with E-state index in [1.807, 2.05) is 42.5 Å². The van der Waals surface area contributed by atoms with Crippen LogP contribution in [-0.4, -0.2) is 56.9 Å². The van der Waals surface area contributed by atoms with Gasteiger partial charge in [-0.15, -0.1) is 0 Å². The minimum absolute atomic E-state index is 0.0869. The number of rotatable bonds is 11. The van der Waals surface area contributed by atoms with E-state index < -0.39 is 18.1 Å². The number of aromatic nitrogens is 2. The first-order chi connectivity index (χ1) is 22.7. The molecule has 0 aliphatic rings. The second-order valence-electron chi connectivity index (χ2n) is 10.2. The number of para-hydroxylation sites is 2. The molecule has 0 bridgehead atoms. The molecule has 5 rings (SSSR count). The van der Waals surface area contributed by atoms with Crippen molar-refractivity contribution in [1.82, 2.24) is 20.2 Å². The Kier molecular flexibility index (Phi) is 12.1. The van der Waals surface area contributed by atoms with Crippen molar-refractivity contribution in [3.8, 4) is 0 Å². The first-order valence-corrected chi connectivity index (χ1v) is 14.4. The summed E-state index contributed by atoms with van der Waals surface area (Å²) in [6.45, 7) is 0.458. The van der Waals surface area contributed by atoms with Gasteiger partial charge in [0.15, 0.2) is 0 Å². The standard InChI is InChI=1S/C23H19FN4O2.C11H14N2O4/c24-18-9-11-19(12-10-18)25-23(30)28(13-16-5-7-17(15-29)8-6-16)14-22-26-20-3-1-2-4-21(20)27-22;12-6-9(10(14)15)13-11(16)17-7-8-4-2-1-3-5-8/h1-12,15H,13-14H2,(H,25,30)(H,26,27);1-5,9H,6-7,12H2,(H,13,16)(H,14,15)/t;9-/m.0/s1. The Morgan fingerprint density at radius 3 is 2.23 bits per heavy atom. The third-order valence-electron chi connectivity index (χ3n) is 6.69. The first-order valence-electron chi connectivity index (χ1n) is 14.4. The smallest absolute Gasteiger partial charge is 0.408 e. The molecule has 242 valence electrons. The Morgan fingerprint density at radius 2 is 1.60 bits per heavy atom. The summed E-state index contributed by atoms with van der Waals surface area (Å²) >= 11 is 0. The lowest BCUT2D eigenvalue weighted by Crippen LogP contribution is -2.45. The molecule has 1 atom stereocenters. The number of aldehydes is 1. The number of nitrogens with two attached hydrogens (primary N) is 1. The van der Waals surface area contributed by atoms with E-state index in [2.05, 4.69) is 20.6 Å². The number of carboxylic acids is 1. The van der Waals surface area contributed by atoms with Gasteiger partial charge in [-0.25, -0.2) is 23.8 Å². The lowest BCUT2D eigenvalue weighted by atomic mass is 10.1. The average Bonchev–Trinajstić information content (AvgIpc) is 3.50. The van der Waals surface area contributed by atoms with Gasteiger partial charge in [0.05, 0.1) is 17.6 Å². The normalized spacial score (nSPS) is 11.0. The molecule has 0 radical (unpaired) electrons. The quantitative estimate of drug-likeness (QED) is 0.124. The highest BCUT2D eigenvalue weighted by Gasteiger charge is 2.19. The van der Waals surface area contributed by atoms with Gasteiger partial charge in [0.1, 0.15) is 30.6 Å². The van der Waals surface area contributed by atoms with Crippen molar-refractivity contribution in [1.29, 1.82) is 0 Å². The molecule has 0 aliphatic heterocycles. The molecule has 12 nitrogen and oxygen atoms in total. The average molecular weight is 641 g/mol. The number of carboxylic acid groups (broad SMARTS) is 1. The molecule has 5 aromatic rings. The summed E-state index contributed by atoms with van der Waals surface area (Å²) in [6, 6.07) is 27.9. The maximum Gasteiger partial charge on any atom is 0.408 e. The van der Waals surface area contributed by atoms with Gasteiger partial charge in [-0.05, 0) is 47.5 Å². The maximum atomic E-state index is 13.2. The molecule has 0 unspecified atom stereocenters. The zero-order valence-electron chi connectivity index (χ0n) is 25.1. The molecule has 1 heterocycles. The van der Waals surface area contributed by atoms with Crippen molar-refractivity contribution in [2.45, 2.75) is 25.7 Å². The van der Waals surface area contributed by atoms with E-state index in [4.69, 9.17) is 15.6 Å². The number of urea groups is 1. The van der Waals surface area contributed by atoms with Crippen LogP contribution in [-0.2, 0) is 29.2 Å². The Bertz CT molecular complexity index is 1750. The van der Waals surface area contributed by atoms with Crippen molar-refractivity contribution < 1.29 is 33.4 Å². The van der Waals surface area contributed by atoms with Gasteiger partial charge in [-0.1, -0.05) is 66.7 Å².